The van der Waals surface area contributed by atoms with Crippen molar-refractivity contribution in [2.45, 2.75) is 32.4 Å². The van der Waals surface area contributed by atoms with Crippen LogP contribution in [0.2, 0.25) is 0 Å². The molecule has 28 heavy (non-hydrogen) atoms. The normalized spacial score (nSPS) is 19.6. The van der Waals surface area contributed by atoms with E-state index in [9.17, 15) is 26.4 Å². The number of ether oxygens (including phenoxy) is 1. The van der Waals surface area contributed by atoms with Crippen LogP contribution in [0.1, 0.15) is 30.6 Å². The molecule has 1 N–H and O–H groups in total. The molecule has 1 saturated heterocycles. The summed E-state index contributed by atoms with van der Waals surface area (Å²) in [4.78, 5) is 26.6. The molecule has 156 valence electrons. The Labute approximate surface area is 165 Å². The number of sulfonamides is 1. The van der Waals surface area contributed by atoms with Gasteiger partial charge in [0.05, 0.1) is 29.0 Å². The van der Waals surface area contributed by atoms with E-state index in [2.05, 4.69) is 4.72 Å². The number of esters is 1. The summed E-state index contributed by atoms with van der Waals surface area (Å²) in [6, 6.07) is 5.44. The van der Waals surface area contributed by atoms with E-state index in [0.717, 1.165) is 6.26 Å². The maximum atomic E-state index is 12.7. The van der Waals surface area contributed by atoms with Gasteiger partial charge in [-0.3, -0.25) is 9.52 Å². The number of likely N-dealkylation sites (N-methyl/N-ethyl adjacent to an activating group) is 1. The first-order valence-electron chi connectivity index (χ1n) is 8.72. The summed E-state index contributed by atoms with van der Waals surface area (Å²) >= 11 is 0. The van der Waals surface area contributed by atoms with Crippen molar-refractivity contribution in [3.05, 3.63) is 29.8 Å². The Hall–Kier alpha value is -2.14. The number of para-hydroxylation sites is 1. The van der Waals surface area contributed by atoms with Crippen LogP contribution in [0, 0.1) is 0 Å². The lowest BCUT2D eigenvalue weighted by Crippen LogP contribution is -2.46. The molecule has 1 amide bonds. The summed E-state index contributed by atoms with van der Waals surface area (Å²) < 4.78 is 53.8. The second-order valence-electron chi connectivity index (χ2n) is 6.65. The number of benzene rings is 1. The number of carbonyl (C=O) groups excluding carboxylic acids is 2. The van der Waals surface area contributed by atoms with Crippen LogP contribution in [0.25, 0.3) is 0 Å². The van der Waals surface area contributed by atoms with Gasteiger partial charge in [0.1, 0.15) is 0 Å². The molecule has 2 atom stereocenters. The summed E-state index contributed by atoms with van der Waals surface area (Å²) in [5, 5.41) is 0. The van der Waals surface area contributed by atoms with Crippen LogP contribution in [0.3, 0.4) is 0 Å². The topological polar surface area (TPSA) is 127 Å². The van der Waals surface area contributed by atoms with Crippen LogP contribution in [0.4, 0.5) is 5.69 Å². The number of sulfone groups is 1. The van der Waals surface area contributed by atoms with Gasteiger partial charge >= 0.3 is 5.97 Å². The molecule has 0 aromatic heterocycles. The Morgan fingerprint density at radius 3 is 2.50 bits per heavy atom. The number of nitrogens with one attached hydrogen (secondary N) is 1. The number of hydrogen-bond acceptors (Lipinski definition) is 7. The quantitative estimate of drug-likeness (QED) is 0.626. The second kappa shape index (κ2) is 8.48. The number of anilines is 1. The average Bonchev–Trinajstić information content (AvgIpc) is 2.94. The molecule has 0 unspecified atom stereocenters. The van der Waals surface area contributed by atoms with Crippen molar-refractivity contribution in [3.8, 4) is 0 Å². The Morgan fingerprint density at radius 1 is 1.32 bits per heavy atom. The standard InChI is InChI=1S/C17H24N2O7S2/c1-4-19(13-9-10-28(24,25)11-13)16(20)12(2)26-17(21)14-7-5-6-8-15(14)18-27(3,22)23/h5-8,12-13,18H,4,9-11H2,1-3H3/t12-,13-/m1/s1. The van der Waals surface area contributed by atoms with Gasteiger partial charge < -0.3 is 9.64 Å². The van der Waals surface area contributed by atoms with E-state index >= 15 is 0 Å². The minimum atomic E-state index is -3.61. The second-order valence-corrected chi connectivity index (χ2v) is 10.6. The molecule has 0 aliphatic carbocycles. The first kappa shape index (κ1) is 22.2. The van der Waals surface area contributed by atoms with Gasteiger partial charge in [-0.05, 0) is 32.4 Å². The zero-order valence-corrected chi connectivity index (χ0v) is 17.5. The Kier molecular flexibility index (Phi) is 6.71. The maximum absolute atomic E-state index is 12.7. The number of nitrogens with zero attached hydrogens (tertiary/aromatic N) is 1. The van der Waals surface area contributed by atoms with E-state index < -0.39 is 43.9 Å². The van der Waals surface area contributed by atoms with Crippen molar-refractivity contribution in [1.29, 1.82) is 0 Å². The molecule has 1 aliphatic rings. The minimum absolute atomic E-state index is 0.0279. The molecular formula is C17H24N2O7S2. The third kappa shape index (κ3) is 5.68. The summed E-state index contributed by atoms with van der Waals surface area (Å²) in [7, 11) is -6.77. The predicted molar refractivity (Wildman–Crippen MR) is 104 cm³/mol. The first-order chi connectivity index (χ1) is 12.9. The Morgan fingerprint density at radius 2 is 1.96 bits per heavy atom. The van der Waals surface area contributed by atoms with Crippen molar-refractivity contribution in [2.24, 2.45) is 0 Å². The summed E-state index contributed by atoms with van der Waals surface area (Å²) in [6.07, 6.45) is 0.154. The molecule has 1 fully saturated rings. The monoisotopic (exact) mass is 432 g/mol. The fourth-order valence-corrected chi connectivity index (χ4v) is 5.38. The predicted octanol–water partition coefficient (Wildman–Crippen LogP) is 0.639. The molecule has 0 saturated carbocycles. The van der Waals surface area contributed by atoms with Crippen LogP contribution >= 0.6 is 0 Å². The number of amides is 1. The maximum Gasteiger partial charge on any atom is 0.341 e. The van der Waals surface area contributed by atoms with Crippen LogP contribution in [-0.4, -0.2) is 70.1 Å². The van der Waals surface area contributed by atoms with E-state index in [1.54, 1.807) is 13.0 Å². The molecule has 1 aromatic rings. The highest BCUT2D eigenvalue weighted by Gasteiger charge is 2.36. The zero-order chi connectivity index (χ0) is 21.1. The average molecular weight is 433 g/mol. The number of hydrogen-bond donors (Lipinski definition) is 1. The SMILES string of the molecule is CCN(C(=O)[C@@H](C)OC(=O)c1ccccc1NS(C)(=O)=O)[C@@H]1CCS(=O)(=O)C1. The van der Waals surface area contributed by atoms with Crippen molar-refractivity contribution < 1.29 is 31.2 Å². The molecule has 0 radical (unpaired) electrons. The molecule has 9 nitrogen and oxygen atoms in total. The fraction of sp³-hybridized carbons (Fsp3) is 0.529. The molecule has 0 spiro atoms. The zero-order valence-electron chi connectivity index (χ0n) is 15.9. The third-order valence-corrected chi connectivity index (χ3v) is 6.69. The van der Waals surface area contributed by atoms with Crippen molar-refractivity contribution in [1.82, 2.24) is 4.90 Å². The van der Waals surface area contributed by atoms with Gasteiger partial charge in [-0.1, -0.05) is 12.1 Å². The molecule has 1 aliphatic heterocycles. The largest absolute Gasteiger partial charge is 0.449 e. The molecular weight excluding hydrogens is 408 g/mol. The Balaban J connectivity index is 2.12. The number of rotatable bonds is 7. The third-order valence-electron chi connectivity index (χ3n) is 4.35. The van der Waals surface area contributed by atoms with Gasteiger partial charge in [0.15, 0.2) is 15.9 Å². The van der Waals surface area contributed by atoms with Gasteiger partial charge in [0, 0.05) is 12.6 Å². The lowest BCUT2D eigenvalue weighted by atomic mass is 10.1. The summed E-state index contributed by atoms with van der Waals surface area (Å²) in [5.74, 6) is -1.43. The lowest BCUT2D eigenvalue weighted by molar-refractivity contribution is -0.141. The van der Waals surface area contributed by atoms with Crippen LogP contribution in [0.5, 0.6) is 0 Å². The smallest absolute Gasteiger partial charge is 0.341 e. The highest BCUT2D eigenvalue weighted by atomic mass is 32.2. The van der Waals surface area contributed by atoms with Crippen LogP contribution in [0.15, 0.2) is 24.3 Å². The summed E-state index contributed by atoms with van der Waals surface area (Å²) in [5.41, 5.74) is 0.0166. The van der Waals surface area contributed by atoms with Gasteiger partial charge in [-0.15, -0.1) is 0 Å². The molecule has 2 rings (SSSR count). The van der Waals surface area contributed by atoms with Gasteiger partial charge in [-0.25, -0.2) is 21.6 Å². The summed E-state index contributed by atoms with van der Waals surface area (Å²) in [6.45, 7) is 3.41. The van der Waals surface area contributed by atoms with E-state index in [1.165, 1.54) is 30.0 Å². The molecule has 11 heteroatoms. The Bertz CT molecular complexity index is 957. The molecule has 1 heterocycles. The molecule has 0 bridgehead atoms. The highest BCUT2D eigenvalue weighted by molar-refractivity contribution is 7.92. The van der Waals surface area contributed by atoms with Crippen molar-refractivity contribution >= 4 is 37.4 Å². The van der Waals surface area contributed by atoms with Crippen LogP contribution in [-0.2, 0) is 29.4 Å². The lowest BCUT2D eigenvalue weighted by Gasteiger charge is -2.29. The van der Waals surface area contributed by atoms with Crippen molar-refractivity contribution in [2.75, 3.05) is 29.0 Å². The highest BCUT2D eigenvalue weighted by Crippen LogP contribution is 2.21. The van der Waals surface area contributed by atoms with Crippen LogP contribution < -0.4 is 4.72 Å². The van der Waals surface area contributed by atoms with Crippen molar-refractivity contribution in [3.63, 3.8) is 0 Å². The first-order valence-corrected chi connectivity index (χ1v) is 12.4. The van der Waals surface area contributed by atoms with Gasteiger partial charge in [0.2, 0.25) is 10.0 Å². The van der Waals surface area contributed by atoms with E-state index in [1.807, 2.05) is 0 Å². The molecule has 1 aromatic carbocycles. The van der Waals surface area contributed by atoms with Gasteiger partial charge in [0.25, 0.3) is 5.91 Å². The van der Waals surface area contributed by atoms with Gasteiger partial charge in [-0.2, -0.15) is 0 Å². The minimum Gasteiger partial charge on any atom is -0.449 e. The number of carbonyl (C=O) groups is 2. The van der Waals surface area contributed by atoms with E-state index in [4.69, 9.17) is 4.74 Å². The van der Waals surface area contributed by atoms with E-state index in [-0.39, 0.29) is 29.3 Å². The van der Waals surface area contributed by atoms with E-state index in [0.29, 0.717) is 6.42 Å². The fourth-order valence-electron chi connectivity index (χ4n) is 3.07.